The number of benzene rings is 7. The summed E-state index contributed by atoms with van der Waals surface area (Å²) in [4.78, 5) is 0. The predicted molar refractivity (Wildman–Crippen MR) is 228 cm³/mol. The summed E-state index contributed by atoms with van der Waals surface area (Å²) in [5.74, 6) is 3.25. The molecule has 0 saturated carbocycles. The minimum absolute atomic E-state index is 0.252. The molecule has 0 aromatic heterocycles. The van der Waals surface area contributed by atoms with Gasteiger partial charge >= 0.3 is 0 Å². The van der Waals surface area contributed by atoms with Gasteiger partial charge in [0.15, 0.2) is 0 Å². The Hall–Kier alpha value is -5.22. The predicted octanol–water partition coefficient (Wildman–Crippen LogP) is 14.2. The zero-order chi connectivity index (χ0) is 37.6. The summed E-state index contributed by atoms with van der Waals surface area (Å²) in [7, 11) is 0. The number of ether oxygens (including phenoxy) is 2. The van der Waals surface area contributed by atoms with Gasteiger partial charge in [-0.2, -0.15) is 0 Å². The number of unbranched alkanes of at least 4 members (excludes halogenated alkanes) is 2. The van der Waals surface area contributed by atoms with Crippen molar-refractivity contribution in [3.8, 4) is 45.3 Å². The monoisotopic (exact) mass is 718 g/mol. The van der Waals surface area contributed by atoms with Gasteiger partial charge in [0.25, 0.3) is 0 Å². The van der Waals surface area contributed by atoms with Gasteiger partial charge < -0.3 is 19.7 Å². The van der Waals surface area contributed by atoms with E-state index in [9.17, 15) is 10.2 Å². The van der Waals surface area contributed by atoms with Crippen LogP contribution in [0, 0.1) is 11.8 Å². The fourth-order valence-corrected chi connectivity index (χ4v) is 8.15. The second kappa shape index (κ2) is 16.8. The Morgan fingerprint density at radius 1 is 0.463 bits per heavy atom. The largest absolute Gasteiger partial charge is 0.508 e. The topological polar surface area (TPSA) is 58.9 Å². The van der Waals surface area contributed by atoms with Gasteiger partial charge in [0.05, 0.1) is 13.2 Å². The van der Waals surface area contributed by atoms with Crippen LogP contribution in [0.5, 0.6) is 23.0 Å². The number of fused-ring (bicyclic) bond motifs is 4. The summed E-state index contributed by atoms with van der Waals surface area (Å²) in [5.41, 5.74) is 4.45. The van der Waals surface area contributed by atoms with Crippen molar-refractivity contribution in [1.82, 2.24) is 0 Å². The Morgan fingerprint density at radius 2 is 0.889 bits per heavy atom. The molecule has 54 heavy (non-hydrogen) atoms. The molecular formula is C50H54O4. The molecule has 7 rings (SSSR count). The second-order valence-electron chi connectivity index (χ2n) is 15.0. The van der Waals surface area contributed by atoms with E-state index in [0.717, 1.165) is 89.7 Å². The molecule has 0 radical (unpaired) electrons. The van der Waals surface area contributed by atoms with Crippen LogP contribution in [0.25, 0.3) is 65.3 Å². The third-order valence-corrected chi connectivity index (χ3v) is 11.4. The molecule has 0 fully saturated rings. The highest BCUT2D eigenvalue weighted by Gasteiger charge is 2.21. The van der Waals surface area contributed by atoms with Crippen LogP contribution in [-0.2, 0) is 0 Å². The fourth-order valence-electron chi connectivity index (χ4n) is 8.15. The lowest BCUT2D eigenvalue weighted by molar-refractivity contribution is 0.233. The van der Waals surface area contributed by atoms with Crippen molar-refractivity contribution in [2.75, 3.05) is 13.2 Å². The Kier molecular flexibility index (Phi) is 11.6. The molecule has 0 saturated heterocycles. The summed E-state index contributed by atoms with van der Waals surface area (Å²) in [6, 6.07) is 37.2. The van der Waals surface area contributed by atoms with Crippen molar-refractivity contribution in [3.63, 3.8) is 0 Å². The standard InChI is InChI=1S/C50H54O4/c1-5-9-13-33(7-3)31-53-39-21-25-45-47(29-39)49(43-17-11-15-35-27-37(51)19-23-41(35)43)46-26-22-40(54-32-34(8-4)14-10-6-2)30-48(46)50(45)44-18-12-16-36-28-38(52)20-24-42(36)44/h11-12,15-30,33-34,51-52H,5-10,13-14,31-32H2,1-4H3. The van der Waals surface area contributed by atoms with E-state index < -0.39 is 0 Å². The number of hydrogen-bond acceptors (Lipinski definition) is 4. The van der Waals surface area contributed by atoms with Crippen molar-refractivity contribution in [3.05, 3.63) is 109 Å². The van der Waals surface area contributed by atoms with Gasteiger partial charge in [0.1, 0.15) is 23.0 Å². The summed E-state index contributed by atoms with van der Waals surface area (Å²) in [6.07, 6.45) is 9.32. The molecule has 0 aliphatic rings. The van der Waals surface area contributed by atoms with Crippen molar-refractivity contribution < 1.29 is 19.7 Å². The van der Waals surface area contributed by atoms with E-state index in [4.69, 9.17) is 9.47 Å². The minimum Gasteiger partial charge on any atom is -0.508 e. The highest BCUT2D eigenvalue weighted by atomic mass is 16.5. The number of aromatic hydroxyl groups is 2. The van der Waals surface area contributed by atoms with Gasteiger partial charge in [-0.05, 0) is 139 Å². The van der Waals surface area contributed by atoms with E-state index in [1.807, 2.05) is 24.3 Å². The molecule has 2 N–H and O–H groups in total. The summed E-state index contributed by atoms with van der Waals surface area (Å²) in [6.45, 7) is 10.4. The zero-order valence-corrected chi connectivity index (χ0v) is 32.3. The van der Waals surface area contributed by atoms with E-state index in [0.29, 0.717) is 25.0 Å². The fraction of sp³-hybridized carbons (Fsp3) is 0.320. The highest BCUT2D eigenvalue weighted by Crippen LogP contribution is 2.48. The summed E-state index contributed by atoms with van der Waals surface area (Å²) in [5, 5.41) is 29.5. The lowest BCUT2D eigenvalue weighted by atomic mass is 9.83. The maximum Gasteiger partial charge on any atom is 0.119 e. The molecule has 2 unspecified atom stereocenters. The lowest BCUT2D eigenvalue weighted by Gasteiger charge is -2.22. The van der Waals surface area contributed by atoms with Gasteiger partial charge in [0, 0.05) is 0 Å². The van der Waals surface area contributed by atoms with Crippen molar-refractivity contribution in [2.24, 2.45) is 11.8 Å². The van der Waals surface area contributed by atoms with Gasteiger partial charge in [-0.3, -0.25) is 0 Å². The maximum atomic E-state index is 10.5. The zero-order valence-electron chi connectivity index (χ0n) is 32.3. The van der Waals surface area contributed by atoms with E-state index >= 15 is 0 Å². The third kappa shape index (κ3) is 7.71. The molecule has 7 aromatic carbocycles. The molecule has 0 aliphatic carbocycles. The number of phenolic OH excluding ortho intramolecular Hbond substituents is 2. The first-order valence-corrected chi connectivity index (χ1v) is 20.2. The van der Waals surface area contributed by atoms with E-state index in [-0.39, 0.29) is 11.5 Å². The first-order chi connectivity index (χ1) is 26.4. The van der Waals surface area contributed by atoms with Gasteiger partial charge in [-0.1, -0.05) is 127 Å². The Labute approximate surface area is 320 Å². The Balaban J connectivity index is 1.51. The quantitative estimate of drug-likeness (QED) is 0.0977. The van der Waals surface area contributed by atoms with Crippen LogP contribution in [-0.4, -0.2) is 23.4 Å². The van der Waals surface area contributed by atoms with Crippen LogP contribution in [0.15, 0.2) is 109 Å². The molecule has 0 bridgehead atoms. The summed E-state index contributed by atoms with van der Waals surface area (Å²) >= 11 is 0. The van der Waals surface area contributed by atoms with Gasteiger partial charge in [0.2, 0.25) is 0 Å². The third-order valence-electron chi connectivity index (χ3n) is 11.4. The maximum absolute atomic E-state index is 10.5. The summed E-state index contributed by atoms with van der Waals surface area (Å²) < 4.78 is 13.3. The number of rotatable bonds is 16. The molecule has 278 valence electrons. The van der Waals surface area contributed by atoms with Gasteiger partial charge in [-0.15, -0.1) is 0 Å². The van der Waals surface area contributed by atoms with Crippen LogP contribution >= 0.6 is 0 Å². The molecular weight excluding hydrogens is 665 g/mol. The average Bonchev–Trinajstić information content (AvgIpc) is 3.19. The van der Waals surface area contributed by atoms with Crippen molar-refractivity contribution in [2.45, 2.75) is 79.1 Å². The minimum atomic E-state index is 0.252. The molecule has 4 nitrogen and oxygen atoms in total. The van der Waals surface area contributed by atoms with Crippen molar-refractivity contribution in [1.29, 1.82) is 0 Å². The van der Waals surface area contributed by atoms with E-state index in [1.165, 1.54) is 38.5 Å². The normalized spacial score (nSPS) is 12.8. The van der Waals surface area contributed by atoms with Crippen LogP contribution < -0.4 is 9.47 Å². The Morgan fingerprint density at radius 3 is 1.30 bits per heavy atom. The SMILES string of the molecule is CCCCC(CC)COc1ccc2c(-c3cccc4cc(O)ccc34)c3cc(OCC(CC)CCCC)ccc3c(-c3cccc4cc(O)ccc34)c2c1. The smallest absolute Gasteiger partial charge is 0.119 e. The molecule has 2 atom stereocenters. The van der Waals surface area contributed by atoms with Gasteiger partial charge in [-0.25, -0.2) is 0 Å². The molecule has 7 aromatic rings. The molecule has 4 heteroatoms. The number of hydrogen-bond donors (Lipinski definition) is 2. The van der Waals surface area contributed by atoms with Crippen LogP contribution in [0.2, 0.25) is 0 Å². The van der Waals surface area contributed by atoms with E-state index in [2.05, 4.69) is 100 Å². The van der Waals surface area contributed by atoms with E-state index in [1.54, 1.807) is 12.1 Å². The number of phenols is 2. The highest BCUT2D eigenvalue weighted by molar-refractivity contribution is 6.25. The first-order valence-electron chi connectivity index (χ1n) is 20.2. The average molecular weight is 719 g/mol. The first kappa shape index (κ1) is 37.1. The Bertz CT molecular complexity index is 2220. The van der Waals surface area contributed by atoms with Crippen LogP contribution in [0.4, 0.5) is 0 Å². The molecule has 0 heterocycles. The second-order valence-corrected chi connectivity index (χ2v) is 15.0. The van der Waals surface area contributed by atoms with Crippen LogP contribution in [0.1, 0.15) is 79.1 Å². The molecule has 0 amide bonds. The molecule has 0 aliphatic heterocycles. The molecule has 0 spiro atoms. The van der Waals surface area contributed by atoms with Crippen molar-refractivity contribution >= 4 is 43.1 Å². The lowest BCUT2D eigenvalue weighted by Crippen LogP contribution is -2.11. The van der Waals surface area contributed by atoms with Crippen LogP contribution in [0.3, 0.4) is 0 Å².